The molecule has 5 nitrogen and oxygen atoms in total. The average molecular weight is 266 g/mol. The van der Waals surface area contributed by atoms with Crippen LogP contribution < -0.4 is 11.3 Å². The highest BCUT2D eigenvalue weighted by Gasteiger charge is 2.17. The van der Waals surface area contributed by atoms with Crippen LogP contribution in [0.15, 0.2) is 18.3 Å². The SMILES string of the molecule is CC1CN(Cc2ccc(C(=O)NN)cn2)CCS1. The first kappa shape index (κ1) is 13.3. The van der Waals surface area contributed by atoms with E-state index in [4.69, 9.17) is 5.84 Å². The zero-order valence-corrected chi connectivity index (χ0v) is 11.2. The molecule has 1 aromatic rings. The first-order chi connectivity index (χ1) is 8.69. The summed E-state index contributed by atoms with van der Waals surface area (Å²) in [6.45, 7) is 5.29. The van der Waals surface area contributed by atoms with Crippen molar-refractivity contribution in [1.29, 1.82) is 0 Å². The van der Waals surface area contributed by atoms with Crippen LogP contribution >= 0.6 is 11.8 Å². The lowest BCUT2D eigenvalue weighted by atomic mass is 10.2. The molecule has 1 aliphatic rings. The van der Waals surface area contributed by atoms with Crippen LogP contribution in [0.25, 0.3) is 0 Å². The highest BCUT2D eigenvalue weighted by atomic mass is 32.2. The van der Waals surface area contributed by atoms with Crippen LogP contribution in [0.1, 0.15) is 23.0 Å². The van der Waals surface area contributed by atoms with Crippen LogP contribution in [-0.4, -0.2) is 39.9 Å². The second kappa shape index (κ2) is 6.17. The van der Waals surface area contributed by atoms with Crippen molar-refractivity contribution >= 4 is 17.7 Å². The van der Waals surface area contributed by atoms with Crippen molar-refractivity contribution in [2.24, 2.45) is 5.84 Å². The second-order valence-corrected chi connectivity index (χ2v) is 5.97. The fourth-order valence-corrected chi connectivity index (χ4v) is 3.08. The van der Waals surface area contributed by atoms with Crippen molar-refractivity contribution in [2.75, 3.05) is 18.8 Å². The molecule has 1 amide bonds. The maximum atomic E-state index is 11.3. The summed E-state index contributed by atoms with van der Waals surface area (Å²) in [5.74, 6) is 5.94. The van der Waals surface area contributed by atoms with Gasteiger partial charge in [-0.3, -0.25) is 20.1 Å². The molecule has 98 valence electrons. The summed E-state index contributed by atoms with van der Waals surface area (Å²) in [6, 6.07) is 3.64. The summed E-state index contributed by atoms with van der Waals surface area (Å²) in [7, 11) is 0. The van der Waals surface area contributed by atoms with Gasteiger partial charge in [0.1, 0.15) is 0 Å². The van der Waals surface area contributed by atoms with Gasteiger partial charge in [-0.1, -0.05) is 6.92 Å². The number of hydrogen-bond acceptors (Lipinski definition) is 5. The summed E-state index contributed by atoms with van der Waals surface area (Å²) in [5, 5.41) is 0.682. The molecule has 2 rings (SSSR count). The molecule has 1 aliphatic heterocycles. The fraction of sp³-hybridized carbons (Fsp3) is 0.500. The highest BCUT2D eigenvalue weighted by molar-refractivity contribution is 7.99. The molecular weight excluding hydrogens is 248 g/mol. The lowest BCUT2D eigenvalue weighted by Crippen LogP contribution is -2.36. The zero-order valence-electron chi connectivity index (χ0n) is 10.4. The Labute approximate surface area is 111 Å². The predicted molar refractivity (Wildman–Crippen MR) is 73.1 cm³/mol. The number of pyridine rings is 1. The molecule has 1 unspecified atom stereocenters. The molecular formula is C12H18N4OS. The molecule has 18 heavy (non-hydrogen) atoms. The Hall–Kier alpha value is -1.11. The Kier molecular flexibility index (Phi) is 4.57. The van der Waals surface area contributed by atoms with Crippen LogP contribution in [-0.2, 0) is 6.54 Å². The number of aromatic nitrogens is 1. The van der Waals surface area contributed by atoms with Gasteiger partial charge in [-0.25, -0.2) is 5.84 Å². The van der Waals surface area contributed by atoms with Crippen molar-refractivity contribution in [1.82, 2.24) is 15.3 Å². The van der Waals surface area contributed by atoms with Crippen LogP contribution in [0.5, 0.6) is 0 Å². The predicted octanol–water partition coefficient (Wildman–Crippen LogP) is 0.622. The minimum Gasteiger partial charge on any atom is -0.296 e. The van der Waals surface area contributed by atoms with Gasteiger partial charge < -0.3 is 0 Å². The molecule has 1 fully saturated rings. The van der Waals surface area contributed by atoms with Crippen LogP contribution in [0, 0.1) is 0 Å². The lowest BCUT2D eigenvalue weighted by Gasteiger charge is -2.30. The van der Waals surface area contributed by atoms with Gasteiger partial charge in [-0.2, -0.15) is 11.8 Å². The van der Waals surface area contributed by atoms with Crippen LogP contribution in [0.3, 0.4) is 0 Å². The Morgan fingerprint density at radius 3 is 3.11 bits per heavy atom. The minimum atomic E-state index is -0.308. The highest BCUT2D eigenvalue weighted by Crippen LogP contribution is 2.19. The summed E-state index contributed by atoms with van der Waals surface area (Å²) >= 11 is 2.01. The summed E-state index contributed by atoms with van der Waals surface area (Å²) < 4.78 is 0. The second-order valence-electron chi connectivity index (χ2n) is 4.43. The third-order valence-electron chi connectivity index (χ3n) is 2.93. The number of nitrogen functional groups attached to an aromatic ring is 1. The van der Waals surface area contributed by atoms with E-state index in [1.165, 1.54) is 5.75 Å². The standard InChI is InChI=1S/C12H18N4OS/c1-9-7-16(4-5-18-9)8-11-3-2-10(6-14-11)12(17)15-13/h2-3,6,9H,4-5,7-8,13H2,1H3,(H,15,17). The van der Waals surface area contributed by atoms with E-state index in [-0.39, 0.29) is 5.91 Å². The van der Waals surface area contributed by atoms with Crippen LogP contribution in [0.2, 0.25) is 0 Å². The first-order valence-electron chi connectivity index (χ1n) is 5.99. The van der Waals surface area contributed by atoms with E-state index in [1.807, 2.05) is 17.8 Å². The van der Waals surface area contributed by atoms with Crippen molar-refractivity contribution in [2.45, 2.75) is 18.7 Å². The van der Waals surface area contributed by atoms with Gasteiger partial charge in [0.15, 0.2) is 0 Å². The van der Waals surface area contributed by atoms with Crippen LogP contribution in [0.4, 0.5) is 0 Å². The van der Waals surface area contributed by atoms with Crippen molar-refractivity contribution < 1.29 is 4.79 Å². The van der Waals surface area contributed by atoms with E-state index in [1.54, 1.807) is 12.3 Å². The van der Waals surface area contributed by atoms with Crippen molar-refractivity contribution in [3.05, 3.63) is 29.6 Å². The molecule has 3 N–H and O–H groups in total. The third kappa shape index (κ3) is 3.44. The van der Waals surface area contributed by atoms with Gasteiger partial charge in [0, 0.05) is 36.8 Å². The number of hydrogen-bond donors (Lipinski definition) is 2. The molecule has 0 bridgehead atoms. The molecule has 0 saturated carbocycles. The van der Waals surface area contributed by atoms with E-state index in [0.29, 0.717) is 10.8 Å². The first-order valence-corrected chi connectivity index (χ1v) is 7.03. The van der Waals surface area contributed by atoms with Crippen molar-refractivity contribution in [3.63, 3.8) is 0 Å². The maximum Gasteiger partial charge on any atom is 0.266 e. The summed E-state index contributed by atoms with van der Waals surface area (Å²) in [5.41, 5.74) is 3.57. The van der Waals surface area contributed by atoms with Gasteiger partial charge in [0.05, 0.1) is 11.3 Å². The van der Waals surface area contributed by atoms with Gasteiger partial charge in [0.2, 0.25) is 0 Å². The third-order valence-corrected chi connectivity index (χ3v) is 4.07. The van der Waals surface area contributed by atoms with E-state index < -0.39 is 0 Å². The zero-order chi connectivity index (χ0) is 13.0. The smallest absolute Gasteiger partial charge is 0.266 e. The average Bonchev–Trinajstić information content (AvgIpc) is 2.39. The summed E-state index contributed by atoms with van der Waals surface area (Å²) in [4.78, 5) is 18.0. The Morgan fingerprint density at radius 1 is 1.67 bits per heavy atom. The van der Waals surface area contributed by atoms with E-state index >= 15 is 0 Å². The number of nitrogens with two attached hydrogens (primary N) is 1. The molecule has 2 heterocycles. The molecule has 0 spiro atoms. The minimum absolute atomic E-state index is 0.308. The number of rotatable bonds is 3. The Balaban J connectivity index is 1.95. The molecule has 6 heteroatoms. The molecule has 0 radical (unpaired) electrons. The Bertz CT molecular complexity index is 409. The monoisotopic (exact) mass is 266 g/mol. The largest absolute Gasteiger partial charge is 0.296 e. The number of carbonyl (C=O) groups excluding carboxylic acids is 1. The molecule has 1 aromatic heterocycles. The number of hydrazine groups is 1. The van der Waals surface area contributed by atoms with Gasteiger partial charge >= 0.3 is 0 Å². The quantitative estimate of drug-likeness (QED) is 0.477. The topological polar surface area (TPSA) is 71.2 Å². The number of carbonyl (C=O) groups is 1. The molecule has 0 aromatic carbocycles. The van der Waals surface area contributed by atoms with E-state index in [9.17, 15) is 4.79 Å². The van der Waals surface area contributed by atoms with Gasteiger partial charge in [0.25, 0.3) is 5.91 Å². The maximum absolute atomic E-state index is 11.3. The molecule has 1 saturated heterocycles. The van der Waals surface area contributed by atoms with E-state index in [2.05, 4.69) is 22.2 Å². The van der Waals surface area contributed by atoms with Gasteiger partial charge in [-0.05, 0) is 12.1 Å². The Morgan fingerprint density at radius 2 is 2.50 bits per heavy atom. The van der Waals surface area contributed by atoms with Gasteiger partial charge in [-0.15, -0.1) is 0 Å². The number of nitrogens with zero attached hydrogens (tertiary/aromatic N) is 2. The summed E-state index contributed by atoms with van der Waals surface area (Å²) in [6.07, 6.45) is 1.57. The number of nitrogens with one attached hydrogen (secondary N) is 1. The molecule has 0 aliphatic carbocycles. The number of thioether (sulfide) groups is 1. The molecule has 1 atom stereocenters. The number of amides is 1. The normalized spacial score (nSPS) is 20.7. The lowest BCUT2D eigenvalue weighted by molar-refractivity contribution is 0.0953. The van der Waals surface area contributed by atoms with E-state index in [0.717, 1.165) is 25.3 Å². The fourth-order valence-electron chi connectivity index (χ4n) is 2.00. The van der Waals surface area contributed by atoms with Crippen molar-refractivity contribution in [3.8, 4) is 0 Å².